The molecular weight excluding hydrogens is 422 g/mol. The molecule has 0 radical (unpaired) electrons. The second-order valence-electron chi connectivity index (χ2n) is 7.82. The fraction of sp³-hybridized carbons (Fsp3) is 0.200. The third-order valence-corrected chi connectivity index (χ3v) is 6.71. The van der Waals surface area contributed by atoms with E-state index in [0.717, 1.165) is 22.2 Å². The number of benzene rings is 2. The van der Waals surface area contributed by atoms with Crippen LogP contribution in [0.25, 0.3) is 10.9 Å². The zero-order valence-electron chi connectivity index (χ0n) is 17.4. The molecule has 1 atom stereocenters. The molecule has 162 valence electrons. The molecule has 0 bridgehead atoms. The van der Waals surface area contributed by atoms with Crippen LogP contribution in [0.4, 0.5) is 5.69 Å². The highest BCUT2D eigenvalue weighted by Crippen LogP contribution is 2.33. The minimum atomic E-state index is -0.169. The summed E-state index contributed by atoms with van der Waals surface area (Å²) >= 11 is 1.69. The maximum atomic E-state index is 12.6. The topological polar surface area (TPSA) is 83.2 Å². The number of amides is 2. The predicted octanol–water partition coefficient (Wildman–Crippen LogP) is 4.44. The Balaban J connectivity index is 1.24. The minimum absolute atomic E-state index is 0.0287. The van der Waals surface area contributed by atoms with E-state index in [1.54, 1.807) is 17.4 Å². The molecule has 0 aliphatic carbocycles. The number of aromatic nitrogens is 1. The molecule has 0 fully saturated rings. The Hall–Kier alpha value is -3.58. The Bertz CT molecular complexity index is 1260. The van der Waals surface area contributed by atoms with Crippen molar-refractivity contribution in [2.45, 2.75) is 18.8 Å². The second-order valence-corrected chi connectivity index (χ2v) is 8.80. The zero-order chi connectivity index (χ0) is 21.9. The van der Waals surface area contributed by atoms with Crippen molar-refractivity contribution < 1.29 is 14.3 Å². The fourth-order valence-electron chi connectivity index (χ4n) is 4.10. The van der Waals surface area contributed by atoms with Crippen LogP contribution in [0.3, 0.4) is 0 Å². The Morgan fingerprint density at radius 1 is 1.12 bits per heavy atom. The average molecular weight is 446 g/mol. The van der Waals surface area contributed by atoms with Crippen LogP contribution in [0.5, 0.6) is 5.75 Å². The third kappa shape index (κ3) is 4.24. The van der Waals surface area contributed by atoms with Crippen molar-refractivity contribution in [2.75, 3.05) is 18.5 Å². The van der Waals surface area contributed by atoms with E-state index in [2.05, 4.69) is 39.2 Å². The minimum Gasteiger partial charge on any atom is -0.484 e. The molecule has 6 nitrogen and oxygen atoms in total. The van der Waals surface area contributed by atoms with Gasteiger partial charge in [0.1, 0.15) is 5.75 Å². The van der Waals surface area contributed by atoms with E-state index < -0.39 is 0 Å². The summed E-state index contributed by atoms with van der Waals surface area (Å²) in [6.07, 6.45) is 3.18. The molecule has 2 amide bonds. The number of H-pyrrole nitrogens is 1. The van der Waals surface area contributed by atoms with Crippen molar-refractivity contribution in [1.82, 2.24) is 10.3 Å². The highest BCUT2D eigenvalue weighted by molar-refractivity contribution is 7.10. The molecule has 3 N–H and O–H groups in total. The van der Waals surface area contributed by atoms with Crippen LogP contribution in [0.2, 0.25) is 0 Å². The summed E-state index contributed by atoms with van der Waals surface area (Å²) in [4.78, 5) is 28.6. The molecule has 4 aromatic rings. The number of anilines is 1. The Labute approximate surface area is 189 Å². The van der Waals surface area contributed by atoms with Crippen LogP contribution in [0.15, 0.2) is 66.2 Å². The normalized spacial score (nSPS) is 13.9. The van der Waals surface area contributed by atoms with Crippen molar-refractivity contribution in [3.63, 3.8) is 0 Å². The number of rotatable bonds is 7. The van der Waals surface area contributed by atoms with Crippen LogP contribution < -0.4 is 15.4 Å². The van der Waals surface area contributed by atoms with E-state index in [1.807, 2.05) is 36.5 Å². The van der Waals surface area contributed by atoms with Crippen molar-refractivity contribution in [3.8, 4) is 5.75 Å². The lowest BCUT2D eigenvalue weighted by molar-refractivity contribution is -0.123. The number of hydrogen-bond donors (Lipinski definition) is 3. The van der Waals surface area contributed by atoms with Crippen LogP contribution in [-0.2, 0) is 16.0 Å². The van der Waals surface area contributed by atoms with Crippen molar-refractivity contribution in [1.29, 1.82) is 0 Å². The van der Waals surface area contributed by atoms with Crippen LogP contribution in [-0.4, -0.2) is 29.9 Å². The van der Waals surface area contributed by atoms with E-state index in [4.69, 9.17) is 4.74 Å². The van der Waals surface area contributed by atoms with E-state index in [9.17, 15) is 9.59 Å². The van der Waals surface area contributed by atoms with Gasteiger partial charge in [0, 0.05) is 46.5 Å². The van der Waals surface area contributed by atoms with Gasteiger partial charge in [-0.3, -0.25) is 9.59 Å². The first-order valence-electron chi connectivity index (χ1n) is 10.6. The maximum absolute atomic E-state index is 12.6. The smallest absolute Gasteiger partial charge is 0.257 e. The van der Waals surface area contributed by atoms with E-state index >= 15 is 0 Å². The molecule has 1 aliphatic heterocycles. The second kappa shape index (κ2) is 8.88. The van der Waals surface area contributed by atoms with E-state index in [1.165, 1.54) is 10.4 Å². The quantitative estimate of drug-likeness (QED) is 0.393. The van der Waals surface area contributed by atoms with Gasteiger partial charge in [-0.25, -0.2) is 0 Å². The van der Waals surface area contributed by atoms with Crippen molar-refractivity contribution in [2.24, 2.45) is 0 Å². The first-order chi connectivity index (χ1) is 15.7. The highest BCUT2D eigenvalue weighted by atomic mass is 32.1. The van der Waals surface area contributed by atoms with E-state index in [0.29, 0.717) is 25.1 Å². The lowest BCUT2D eigenvalue weighted by atomic mass is 9.96. The average Bonchev–Trinajstić information content (AvgIpc) is 3.49. The number of carbonyl (C=O) groups is 2. The molecule has 5 rings (SSSR count). The first-order valence-corrected chi connectivity index (χ1v) is 11.5. The molecule has 0 saturated carbocycles. The molecule has 2 aromatic carbocycles. The summed E-state index contributed by atoms with van der Waals surface area (Å²) in [5.41, 5.74) is 4.10. The summed E-state index contributed by atoms with van der Waals surface area (Å²) < 4.78 is 5.72. The Kier molecular flexibility index (Phi) is 5.64. The van der Waals surface area contributed by atoms with Gasteiger partial charge in [-0.2, -0.15) is 0 Å². The summed E-state index contributed by atoms with van der Waals surface area (Å²) in [6.45, 7) is 0.428. The van der Waals surface area contributed by atoms with Crippen molar-refractivity contribution >= 4 is 39.7 Å². The monoisotopic (exact) mass is 445 g/mol. The number of carbonyl (C=O) groups excluding carboxylic acids is 2. The largest absolute Gasteiger partial charge is 0.484 e. The molecule has 1 unspecified atom stereocenters. The van der Waals surface area contributed by atoms with Gasteiger partial charge in [0.25, 0.3) is 5.91 Å². The lowest BCUT2D eigenvalue weighted by Crippen LogP contribution is -2.32. The SMILES string of the molecule is O=C(COc1ccc2c(c1)CCC(=O)N2)NCC(c1cccs1)c1c[nH]c2ccccc12. The maximum Gasteiger partial charge on any atom is 0.257 e. The number of nitrogens with one attached hydrogen (secondary N) is 3. The van der Waals surface area contributed by atoms with Gasteiger partial charge in [0.2, 0.25) is 5.91 Å². The number of para-hydroxylation sites is 1. The number of thiophene rings is 1. The number of ether oxygens (including phenoxy) is 1. The van der Waals surface area contributed by atoms with Crippen LogP contribution in [0.1, 0.15) is 28.3 Å². The van der Waals surface area contributed by atoms with Crippen LogP contribution >= 0.6 is 11.3 Å². The molecule has 32 heavy (non-hydrogen) atoms. The Morgan fingerprint density at radius 3 is 2.91 bits per heavy atom. The van der Waals surface area contributed by atoms with Gasteiger partial charge in [-0.05, 0) is 53.3 Å². The number of hydrogen-bond acceptors (Lipinski definition) is 4. The fourth-order valence-corrected chi connectivity index (χ4v) is 4.95. The number of aryl methyl sites for hydroxylation is 1. The van der Waals surface area contributed by atoms with Gasteiger partial charge in [0.15, 0.2) is 6.61 Å². The summed E-state index contributed by atoms with van der Waals surface area (Å²) in [7, 11) is 0. The summed E-state index contributed by atoms with van der Waals surface area (Å²) in [5, 5.41) is 9.10. The van der Waals surface area contributed by atoms with Crippen molar-refractivity contribution in [3.05, 3.63) is 82.2 Å². The molecule has 0 spiro atoms. The molecule has 2 aromatic heterocycles. The first kappa shape index (κ1) is 20.3. The van der Waals surface area contributed by atoms with Gasteiger partial charge < -0.3 is 20.4 Å². The Morgan fingerprint density at radius 2 is 2.03 bits per heavy atom. The molecule has 1 aliphatic rings. The molecule has 7 heteroatoms. The van der Waals surface area contributed by atoms with Gasteiger partial charge in [-0.15, -0.1) is 11.3 Å². The van der Waals surface area contributed by atoms with Gasteiger partial charge in [-0.1, -0.05) is 24.3 Å². The summed E-state index contributed by atoms with van der Waals surface area (Å²) in [5.74, 6) is 0.544. The third-order valence-electron chi connectivity index (χ3n) is 5.73. The van der Waals surface area contributed by atoms with Gasteiger partial charge in [0.05, 0.1) is 0 Å². The van der Waals surface area contributed by atoms with Crippen LogP contribution in [0, 0.1) is 0 Å². The van der Waals surface area contributed by atoms with E-state index in [-0.39, 0.29) is 24.3 Å². The predicted molar refractivity (Wildman–Crippen MR) is 126 cm³/mol. The summed E-state index contributed by atoms with van der Waals surface area (Å²) in [6, 6.07) is 17.8. The molecular formula is C25H23N3O3S. The van der Waals surface area contributed by atoms with Gasteiger partial charge >= 0.3 is 0 Å². The number of aromatic amines is 1. The number of fused-ring (bicyclic) bond motifs is 2. The lowest BCUT2D eigenvalue weighted by Gasteiger charge is -2.18. The zero-order valence-corrected chi connectivity index (χ0v) is 18.2. The molecule has 0 saturated heterocycles. The molecule has 3 heterocycles. The highest BCUT2D eigenvalue weighted by Gasteiger charge is 2.20. The standard InChI is InChI=1S/C25H23N3O3S/c29-24-10-7-16-12-17(8-9-21(16)28-24)31-15-25(30)27-14-20(23-6-3-11-32-23)19-13-26-22-5-2-1-4-18(19)22/h1-6,8-9,11-13,20,26H,7,10,14-15H2,(H,27,30)(H,28,29).